The van der Waals surface area contributed by atoms with Gasteiger partial charge in [0.25, 0.3) is 0 Å². The van der Waals surface area contributed by atoms with Crippen LogP contribution in [0.15, 0.2) is 48.5 Å². The number of hydrogen-bond donors (Lipinski definition) is 1. The number of methoxy groups -OCH3 is 1. The molecular weight excluding hydrogens is 301 g/mol. The van der Waals surface area contributed by atoms with Crippen molar-refractivity contribution in [1.82, 2.24) is 5.32 Å². The lowest BCUT2D eigenvalue weighted by molar-refractivity contribution is -0.118. The third kappa shape index (κ3) is 5.07. The summed E-state index contributed by atoms with van der Waals surface area (Å²) in [5, 5.41) is 2.84. The number of amides is 1. The van der Waals surface area contributed by atoms with Crippen molar-refractivity contribution >= 4 is 17.7 Å². The predicted molar refractivity (Wildman–Crippen MR) is 87.4 cm³/mol. The number of rotatable bonds is 7. The standard InChI is InChI=1S/C17H18FNO2S/c1-21-15-7-4-5-13(9-15)10-19-17(20)12-22-11-14-6-2-3-8-16(14)18/h2-9H,10-12H2,1H3,(H,19,20). The summed E-state index contributed by atoms with van der Waals surface area (Å²) in [5.74, 6) is 1.26. The van der Waals surface area contributed by atoms with Crippen molar-refractivity contribution in [3.05, 3.63) is 65.5 Å². The Labute approximate surface area is 133 Å². The Bertz CT molecular complexity index is 634. The molecule has 0 unspecified atom stereocenters. The highest BCUT2D eigenvalue weighted by molar-refractivity contribution is 7.99. The predicted octanol–water partition coefficient (Wildman–Crippen LogP) is 3.38. The van der Waals surface area contributed by atoms with E-state index in [4.69, 9.17) is 4.74 Å². The number of thioether (sulfide) groups is 1. The molecule has 116 valence electrons. The molecule has 0 saturated carbocycles. The lowest BCUT2D eigenvalue weighted by atomic mass is 10.2. The van der Waals surface area contributed by atoms with Gasteiger partial charge >= 0.3 is 0 Å². The molecule has 2 aromatic carbocycles. The van der Waals surface area contributed by atoms with E-state index >= 15 is 0 Å². The van der Waals surface area contributed by atoms with Crippen LogP contribution in [0.3, 0.4) is 0 Å². The van der Waals surface area contributed by atoms with Crippen LogP contribution in [0.1, 0.15) is 11.1 Å². The Balaban J connectivity index is 1.73. The lowest BCUT2D eigenvalue weighted by Gasteiger charge is -2.07. The molecule has 0 aliphatic rings. The number of halogens is 1. The highest BCUT2D eigenvalue weighted by Gasteiger charge is 2.05. The van der Waals surface area contributed by atoms with E-state index in [1.807, 2.05) is 24.3 Å². The van der Waals surface area contributed by atoms with Crippen LogP contribution in [0.25, 0.3) is 0 Å². The molecule has 2 aromatic rings. The number of carbonyl (C=O) groups is 1. The number of ether oxygens (including phenoxy) is 1. The number of hydrogen-bond acceptors (Lipinski definition) is 3. The van der Waals surface area contributed by atoms with Gasteiger partial charge in [0.15, 0.2) is 0 Å². The van der Waals surface area contributed by atoms with Crippen molar-refractivity contribution in [2.24, 2.45) is 0 Å². The largest absolute Gasteiger partial charge is 0.497 e. The maximum atomic E-state index is 13.4. The number of benzene rings is 2. The molecule has 22 heavy (non-hydrogen) atoms. The molecule has 5 heteroatoms. The van der Waals surface area contributed by atoms with Crippen molar-refractivity contribution in [2.75, 3.05) is 12.9 Å². The molecule has 1 amide bonds. The fourth-order valence-electron chi connectivity index (χ4n) is 1.90. The summed E-state index contributed by atoms with van der Waals surface area (Å²) in [4.78, 5) is 11.8. The first kappa shape index (κ1) is 16.4. The van der Waals surface area contributed by atoms with E-state index in [0.29, 0.717) is 23.6 Å². The minimum Gasteiger partial charge on any atom is -0.497 e. The quantitative estimate of drug-likeness (QED) is 0.850. The van der Waals surface area contributed by atoms with E-state index in [1.165, 1.54) is 17.8 Å². The van der Waals surface area contributed by atoms with Gasteiger partial charge in [-0.15, -0.1) is 11.8 Å². The topological polar surface area (TPSA) is 38.3 Å². The second-order valence-corrected chi connectivity index (χ2v) is 5.70. The van der Waals surface area contributed by atoms with Crippen molar-refractivity contribution in [1.29, 1.82) is 0 Å². The van der Waals surface area contributed by atoms with E-state index in [9.17, 15) is 9.18 Å². The summed E-state index contributed by atoms with van der Waals surface area (Å²) in [6.07, 6.45) is 0. The Hall–Kier alpha value is -2.01. The van der Waals surface area contributed by atoms with Gasteiger partial charge in [-0.25, -0.2) is 4.39 Å². The lowest BCUT2D eigenvalue weighted by Crippen LogP contribution is -2.24. The zero-order valence-corrected chi connectivity index (χ0v) is 13.2. The molecule has 0 saturated heterocycles. The normalized spacial score (nSPS) is 10.3. The van der Waals surface area contributed by atoms with Crippen molar-refractivity contribution < 1.29 is 13.9 Å². The van der Waals surface area contributed by atoms with Crippen LogP contribution in [0, 0.1) is 5.82 Å². The van der Waals surface area contributed by atoms with Gasteiger partial charge in [-0.1, -0.05) is 30.3 Å². The fraction of sp³-hybridized carbons (Fsp3) is 0.235. The maximum absolute atomic E-state index is 13.4. The molecular formula is C17H18FNO2S. The molecule has 0 bridgehead atoms. The van der Waals surface area contributed by atoms with Gasteiger partial charge in [-0.05, 0) is 29.3 Å². The van der Waals surface area contributed by atoms with Crippen LogP contribution < -0.4 is 10.1 Å². The van der Waals surface area contributed by atoms with Crippen LogP contribution in [-0.4, -0.2) is 18.8 Å². The first-order valence-electron chi connectivity index (χ1n) is 6.90. The van der Waals surface area contributed by atoms with E-state index in [-0.39, 0.29) is 11.7 Å². The number of carbonyl (C=O) groups excluding carboxylic acids is 1. The first-order chi connectivity index (χ1) is 10.7. The van der Waals surface area contributed by atoms with E-state index in [2.05, 4.69) is 5.32 Å². The minimum atomic E-state index is -0.230. The molecule has 0 spiro atoms. The second kappa shape index (κ2) is 8.44. The highest BCUT2D eigenvalue weighted by atomic mass is 32.2. The minimum absolute atomic E-state index is 0.0656. The SMILES string of the molecule is COc1cccc(CNC(=O)CSCc2ccccc2F)c1. The summed E-state index contributed by atoms with van der Waals surface area (Å²) in [6.45, 7) is 0.455. The fourth-order valence-corrected chi connectivity index (χ4v) is 2.75. The van der Waals surface area contributed by atoms with Gasteiger partial charge < -0.3 is 10.1 Å². The molecule has 0 fully saturated rings. The molecule has 0 atom stereocenters. The summed E-state index contributed by atoms with van der Waals surface area (Å²) < 4.78 is 18.6. The summed E-state index contributed by atoms with van der Waals surface area (Å²) in [6, 6.07) is 14.2. The van der Waals surface area contributed by atoms with Crippen LogP contribution in [-0.2, 0) is 17.1 Å². The van der Waals surface area contributed by atoms with Gasteiger partial charge in [0.2, 0.25) is 5.91 Å². The van der Waals surface area contributed by atoms with Gasteiger partial charge in [0.1, 0.15) is 11.6 Å². The Kier molecular flexibility index (Phi) is 6.27. The van der Waals surface area contributed by atoms with Crippen molar-refractivity contribution in [3.8, 4) is 5.75 Å². The molecule has 1 N–H and O–H groups in total. The van der Waals surface area contributed by atoms with Gasteiger partial charge in [0.05, 0.1) is 12.9 Å². The molecule has 0 aliphatic heterocycles. The Morgan fingerprint density at radius 1 is 1.23 bits per heavy atom. The average molecular weight is 319 g/mol. The molecule has 3 nitrogen and oxygen atoms in total. The Morgan fingerprint density at radius 3 is 2.82 bits per heavy atom. The van der Waals surface area contributed by atoms with Gasteiger partial charge in [-0.3, -0.25) is 4.79 Å². The maximum Gasteiger partial charge on any atom is 0.230 e. The zero-order chi connectivity index (χ0) is 15.8. The van der Waals surface area contributed by atoms with E-state index < -0.39 is 0 Å². The van der Waals surface area contributed by atoms with Crippen molar-refractivity contribution in [2.45, 2.75) is 12.3 Å². The first-order valence-corrected chi connectivity index (χ1v) is 8.05. The van der Waals surface area contributed by atoms with Gasteiger partial charge in [-0.2, -0.15) is 0 Å². The summed E-state index contributed by atoms with van der Waals surface area (Å²) in [7, 11) is 1.61. The van der Waals surface area contributed by atoms with Crippen LogP contribution in [0.4, 0.5) is 4.39 Å². The number of nitrogens with one attached hydrogen (secondary N) is 1. The monoisotopic (exact) mass is 319 g/mol. The molecule has 2 rings (SSSR count). The van der Waals surface area contributed by atoms with E-state index in [0.717, 1.165) is 11.3 Å². The molecule has 0 aromatic heterocycles. The molecule has 0 heterocycles. The van der Waals surface area contributed by atoms with Crippen LogP contribution >= 0.6 is 11.8 Å². The Morgan fingerprint density at radius 2 is 2.05 bits per heavy atom. The third-order valence-electron chi connectivity index (χ3n) is 3.07. The second-order valence-electron chi connectivity index (χ2n) is 4.71. The van der Waals surface area contributed by atoms with Crippen LogP contribution in [0.5, 0.6) is 5.75 Å². The van der Waals surface area contributed by atoms with Crippen LogP contribution in [0.2, 0.25) is 0 Å². The molecule has 0 aliphatic carbocycles. The summed E-state index contributed by atoms with van der Waals surface area (Å²) in [5.41, 5.74) is 1.60. The van der Waals surface area contributed by atoms with Crippen molar-refractivity contribution in [3.63, 3.8) is 0 Å². The van der Waals surface area contributed by atoms with Gasteiger partial charge in [0, 0.05) is 12.3 Å². The third-order valence-corrected chi connectivity index (χ3v) is 4.05. The molecule has 0 radical (unpaired) electrons. The summed E-state index contributed by atoms with van der Waals surface area (Å²) >= 11 is 1.39. The zero-order valence-electron chi connectivity index (χ0n) is 12.3. The highest BCUT2D eigenvalue weighted by Crippen LogP contribution is 2.15. The van der Waals surface area contributed by atoms with E-state index in [1.54, 1.807) is 25.3 Å². The smallest absolute Gasteiger partial charge is 0.230 e. The average Bonchev–Trinajstić information content (AvgIpc) is 2.55.